The van der Waals surface area contributed by atoms with Crippen LogP contribution in [0, 0.1) is 0 Å². The molecule has 34 heavy (non-hydrogen) atoms. The van der Waals surface area contributed by atoms with E-state index >= 15 is 0 Å². The Morgan fingerprint density at radius 2 is 1.97 bits per heavy atom. The van der Waals surface area contributed by atoms with Crippen molar-refractivity contribution >= 4 is 45.0 Å². The van der Waals surface area contributed by atoms with Gasteiger partial charge >= 0.3 is 5.97 Å². The summed E-state index contributed by atoms with van der Waals surface area (Å²) in [4.78, 5) is 33.6. The predicted octanol–water partition coefficient (Wildman–Crippen LogP) is 3.33. The number of hydrogen-bond donors (Lipinski definition) is 1. The van der Waals surface area contributed by atoms with Crippen LogP contribution in [0.5, 0.6) is 5.75 Å². The lowest BCUT2D eigenvalue weighted by Crippen LogP contribution is -2.39. The molecule has 1 aromatic heterocycles. The summed E-state index contributed by atoms with van der Waals surface area (Å²) >= 11 is 4.61. The summed E-state index contributed by atoms with van der Waals surface area (Å²) < 4.78 is 8.05. The zero-order valence-corrected chi connectivity index (χ0v) is 21.6. The molecule has 0 radical (unpaired) electrons. The molecular formula is C25H24BrN3O4S. The Morgan fingerprint density at radius 1 is 1.26 bits per heavy atom. The maximum absolute atomic E-state index is 13.6. The second-order valence-electron chi connectivity index (χ2n) is 7.99. The normalized spacial score (nSPS) is 15.7. The van der Waals surface area contributed by atoms with Crippen LogP contribution in [0.3, 0.4) is 0 Å². The zero-order chi connectivity index (χ0) is 24.6. The van der Waals surface area contributed by atoms with Gasteiger partial charge in [0.25, 0.3) is 5.56 Å². The van der Waals surface area contributed by atoms with Gasteiger partial charge in [0.15, 0.2) is 4.80 Å². The third-order valence-electron chi connectivity index (χ3n) is 5.52. The van der Waals surface area contributed by atoms with Crippen molar-refractivity contribution < 1.29 is 14.6 Å². The lowest BCUT2D eigenvalue weighted by Gasteiger charge is -2.25. The number of phenols is 1. The molecule has 1 aliphatic heterocycles. The van der Waals surface area contributed by atoms with Crippen LogP contribution in [0.25, 0.3) is 6.08 Å². The van der Waals surface area contributed by atoms with Crippen LogP contribution in [-0.2, 0) is 9.53 Å². The molecular weight excluding hydrogens is 518 g/mol. The predicted molar refractivity (Wildman–Crippen MR) is 137 cm³/mol. The Morgan fingerprint density at radius 3 is 2.62 bits per heavy atom. The van der Waals surface area contributed by atoms with E-state index < -0.39 is 12.0 Å². The molecule has 7 nitrogen and oxygen atoms in total. The van der Waals surface area contributed by atoms with Gasteiger partial charge in [-0.05, 0) is 55.8 Å². The average molecular weight is 542 g/mol. The van der Waals surface area contributed by atoms with Crippen LogP contribution in [-0.4, -0.2) is 36.3 Å². The number of thiazole rings is 1. The zero-order valence-electron chi connectivity index (χ0n) is 19.2. The number of anilines is 1. The highest BCUT2D eigenvalue weighted by atomic mass is 79.9. The molecule has 1 aliphatic rings. The maximum Gasteiger partial charge on any atom is 0.338 e. The Hall–Kier alpha value is -3.17. The van der Waals surface area contributed by atoms with Crippen molar-refractivity contribution in [3.05, 3.63) is 89.0 Å². The van der Waals surface area contributed by atoms with E-state index in [0.29, 0.717) is 26.2 Å². The summed E-state index contributed by atoms with van der Waals surface area (Å²) in [5.74, 6) is -0.433. The summed E-state index contributed by atoms with van der Waals surface area (Å²) in [7, 11) is 3.90. The minimum absolute atomic E-state index is 0.0632. The number of carbonyl (C=O) groups excluding carboxylic acids is 1. The van der Waals surface area contributed by atoms with E-state index in [1.807, 2.05) is 43.3 Å². The number of benzene rings is 2. The lowest BCUT2D eigenvalue weighted by molar-refractivity contribution is -0.139. The van der Waals surface area contributed by atoms with Gasteiger partial charge in [-0.2, -0.15) is 0 Å². The topological polar surface area (TPSA) is 84.1 Å². The molecule has 1 unspecified atom stereocenters. The van der Waals surface area contributed by atoms with Crippen LogP contribution >= 0.6 is 27.3 Å². The number of ether oxygens (including phenoxy) is 1. The maximum atomic E-state index is 13.6. The highest BCUT2D eigenvalue weighted by molar-refractivity contribution is 9.10. The van der Waals surface area contributed by atoms with Crippen LogP contribution in [0.2, 0.25) is 0 Å². The molecule has 0 bridgehead atoms. The van der Waals surface area contributed by atoms with Gasteiger partial charge < -0.3 is 14.7 Å². The number of allylic oxidation sites excluding steroid dienone is 1. The third kappa shape index (κ3) is 4.45. The number of halogens is 1. The van der Waals surface area contributed by atoms with Crippen molar-refractivity contribution in [3.8, 4) is 5.75 Å². The first-order valence-corrected chi connectivity index (χ1v) is 12.3. The summed E-state index contributed by atoms with van der Waals surface area (Å²) in [5, 5.41) is 10.3. The number of rotatable bonds is 5. The van der Waals surface area contributed by atoms with E-state index in [0.717, 1.165) is 15.7 Å². The van der Waals surface area contributed by atoms with Gasteiger partial charge in [-0.1, -0.05) is 39.4 Å². The van der Waals surface area contributed by atoms with Crippen LogP contribution in [0.1, 0.15) is 31.0 Å². The molecule has 4 rings (SSSR count). The van der Waals surface area contributed by atoms with Gasteiger partial charge in [-0.3, -0.25) is 9.36 Å². The number of fused-ring (bicyclic) bond motifs is 1. The number of carbonyl (C=O) groups is 1. The smallest absolute Gasteiger partial charge is 0.338 e. The minimum Gasteiger partial charge on any atom is -0.507 e. The van der Waals surface area contributed by atoms with E-state index in [1.165, 1.54) is 15.9 Å². The standard InChI is InChI=1S/C25H24BrN3O4S/c1-5-33-24(32)21-14(2)27-25-29(22(21)15-6-9-18(10-7-15)28(3)4)23(31)20(34-25)13-16-12-17(26)8-11-19(16)30/h6-13,22,30H,5H2,1-4H3/b20-13-. The van der Waals surface area contributed by atoms with Gasteiger partial charge in [0.2, 0.25) is 0 Å². The van der Waals surface area contributed by atoms with Gasteiger partial charge in [-0.25, -0.2) is 9.79 Å². The monoisotopic (exact) mass is 541 g/mol. The molecule has 3 aromatic rings. The first kappa shape index (κ1) is 24.0. The molecule has 1 atom stereocenters. The van der Waals surface area contributed by atoms with Crippen molar-refractivity contribution in [2.24, 2.45) is 4.99 Å². The molecule has 0 spiro atoms. The second kappa shape index (κ2) is 9.60. The Labute approximate surface area is 209 Å². The lowest BCUT2D eigenvalue weighted by atomic mass is 9.95. The fourth-order valence-corrected chi connectivity index (χ4v) is 5.26. The Balaban J connectivity index is 1.95. The SMILES string of the molecule is CCOC(=O)C1=C(C)N=c2s/c(=C\c3cc(Br)ccc3O)c(=O)n2C1c1ccc(N(C)C)cc1. The molecule has 2 heterocycles. The summed E-state index contributed by atoms with van der Waals surface area (Å²) in [6.45, 7) is 3.72. The van der Waals surface area contributed by atoms with Gasteiger partial charge in [-0.15, -0.1) is 0 Å². The summed E-state index contributed by atoms with van der Waals surface area (Å²) in [5.41, 5.74) is 2.84. The second-order valence-corrected chi connectivity index (χ2v) is 9.92. The van der Waals surface area contributed by atoms with Gasteiger partial charge in [0, 0.05) is 29.8 Å². The molecule has 2 aromatic carbocycles. The number of aromatic hydroxyl groups is 1. The fourth-order valence-electron chi connectivity index (χ4n) is 3.84. The molecule has 0 saturated heterocycles. The number of esters is 1. The quantitative estimate of drug-likeness (QED) is 0.501. The summed E-state index contributed by atoms with van der Waals surface area (Å²) in [6, 6.07) is 12.1. The highest BCUT2D eigenvalue weighted by Gasteiger charge is 2.33. The molecule has 1 N–H and O–H groups in total. The van der Waals surface area contributed by atoms with Crippen molar-refractivity contribution in [2.75, 3.05) is 25.6 Å². The Bertz CT molecular complexity index is 1470. The number of nitrogens with zero attached hydrogens (tertiary/aromatic N) is 3. The summed E-state index contributed by atoms with van der Waals surface area (Å²) in [6.07, 6.45) is 1.64. The Kier molecular flexibility index (Phi) is 6.77. The third-order valence-corrected chi connectivity index (χ3v) is 6.99. The van der Waals surface area contributed by atoms with Crippen LogP contribution < -0.4 is 19.8 Å². The molecule has 9 heteroatoms. The average Bonchev–Trinajstić information content (AvgIpc) is 3.10. The molecule has 0 amide bonds. The van der Waals surface area contributed by atoms with E-state index in [2.05, 4.69) is 20.9 Å². The first-order chi connectivity index (χ1) is 16.2. The molecule has 0 fully saturated rings. The number of aromatic nitrogens is 1. The number of phenolic OH excluding ortho intramolecular Hbond substituents is 1. The minimum atomic E-state index is -0.676. The van der Waals surface area contributed by atoms with E-state index in [-0.39, 0.29) is 17.9 Å². The first-order valence-electron chi connectivity index (χ1n) is 10.7. The molecule has 0 aliphatic carbocycles. The highest BCUT2D eigenvalue weighted by Crippen LogP contribution is 2.31. The van der Waals surface area contributed by atoms with Gasteiger partial charge in [0.1, 0.15) is 5.75 Å². The van der Waals surface area contributed by atoms with Crippen LogP contribution in [0.4, 0.5) is 5.69 Å². The van der Waals surface area contributed by atoms with Crippen molar-refractivity contribution in [3.63, 3.8) is 0 Å². The van der Waals surface area contributed by atoms with Crippen molar-refractivity contribution in [1.82, 2.24) is 4.57 Å². The number of hydrogen-bond acceptors (Lipinski definition) is 7. The van der Waals surface area contributed by atoms with Gasteiger partial charge in [0.05, 0.1) is 28.5 Å². The fraction of sp³-hybridized carbons (Fsp3) is 0.240. The molecule has 0 saturated carbocycles. The van der Waals surface area contributed by atoms with Crippen molar-refractivity contribution in [1.29, 1.82) is 0 Å². The van der Waals surface area contributed by atoms with E-state index in [1.54, 1.807) is 38.1 Å². The molecule has 176 valence electrons. The van der Waals surface area contributed by atoms with Crippen molar-refractivity contribution in [2.45, 2.75) is 19.9 Å². The van der Waals surface area contributed by atoms with E-state index in [9.17, 15) is 14.7 Å². The van der Waals surface area contributed by atoms with E-state index in [4.69, 9.17) is 4.74 Å². The largest absolute Gasteiger partial charge is 0.507 e. The van der Waals surface area contributed by atoms with Crippen LogP contribution in [0.15, 0.2) is 68.0 Å².